The first kappa shape index (κ1) is 16.0. The molecule has 116 valence electrons. The predicted octanol–water partition coefficient (Wildman–Crippen LogP) is 3.25. The molecule has 0 spiro atoms. The zero-order valence-electron chi connectivity index (χ0n) is 12.5. The molecule has 1 atom stereocenters. The first-order valence-electron chi connectivity index (χ1n) is 6.88. The molecule has 1 aromatic heterocycles. The minimum atomic E-state index is -0.406. The summed E-state index contributed by atoms with van der Waals surface area (Å²) < 4.78 is 26.1. The van der Waals surface area contributed by atoms with Gasteiger partial charge < -0.3 is 14.0 Å². The summed E-state index contributed by atoms with van der Waals surface area (Å²) in [7, 11) is 3.14. The maximum absolute atomic E-state index is 13.8. The molecule has 4 nitrogen and oxygen atoms in total. The smallest absolute Gasteiger partial charge is 0.167 e. The topological polar surface area (TPSA) is 36.3 Å². The number of rotatable bonds is 7. The van der Waals surface area contributed by atoms with Gasteiger partial charge in [0, 0.05) is 38.1 Å². The van der Waals surface area contributed by atoms with Gasteiger partial charge in [-0.3, -0.25) is 0 Å². The Kier molecular flexibility index (Phi) is 5.42. The Morgan fingerprint density at radius 2 is 2.14 bits per heavy atom. The van der Waals surface area contributed by atoms with E-state index in [4.69, 9.17) is 21.1 Å². The van der Waals surface area contributed by atoms with E-state index in [9.17, 15) is 4.39 Å². The van der Waals surface area contributed by atoms with Crippen LogP contribution in [0.25, 0.3) is 11.0 Å². The van der Waals surface area contributed by atoms with Crippen molar-refractivity contribution >= 4 is 22.6 Å². The molecule has 0 saturated heterocycles. The molecule has 0 fully saturated rings. The Morgan fingerprint density at radius 1 is 1.38 bits per heavy atom. The highest BCUT2D eigenvalue weighted by molar-refractivity contribution is 6.17. The number of alkyl halides is 1. The van der Waals surface area contributed by atoms with E-state index in [0.29, 0.717) is 30.3 Å². The Morgan fingerprint density at radius 3 is 2.76 bits per heavy atom. The van der Waals surface area contributed by atoms with Crippen molar-refractivity contribution in [1.29, 1.82) is 0 Å². The molecule has 0 aliphatic heterocycles. The van der Waals surface area contributed by atoms with E-state index in [1.807, 2.05) is 0 Å². The molecule has 21 heavy (non-hydrogen) atoms. The van der Waals surface area contributed by atoms with Crippen LogP contribution in [0.4, 0.5) is 4.39 Å². The number of halogens is 2. The normalized spacial score (nSPS) is 12.8. The van der Waals surface area contributed by atoms with Gasteiger partial charge in [0.25, 0.3) is 0 Å². The average molecular weight is 315 g/mol. The maximum Gasteiger partial charge on any atom is 0.167 e. The number of hydrogen-bond acceptors (Lipinski definition) is 3. The molecule has 1 aromatic carbocycles. The fraction of sp³-hybridized carbons (Fsp3) is 0.533. The second-order valence-electron chi connectivity index (χ2n) is 5.11. The van der Waals surface area contributed by atoms with E-state index < -0.39 is 5.82 Å². The van der Waals surface area contributed by atoms with E-state index in [1.54, 1.807) is 13.2 Å². The number of ether oxygens (including phenoxy) is 2. The Bertz CT molecular complexity index is 615. The third-order valence-corrected chi connectivity index (χ3v) is 3.55. The standard InChI is InChI=1S/C15H20ClFN2O2/c1-10(9-20-2)8-19-13-7-14(21-3)11(17)6-12(13)18-15(19)4-5-16/h6-7,10H,4-5,8-9H2,1-3H3. The van der Waals surface area contributed by atoms with Gasteiger partial charge in [-0.2, -0.15) is 0 Å². The molecule has 1 heterocycles. The molecular weight excluding hydrogens is 295 g/mol. The summed E-state index contributed by atoms with van der Waals surface area (Å²) in [4.78, 5) is 4.49. The van der Waals surface area contributed by atoms with Crippen LogP contribution in [-0.4, -0.2) is 36.3 Å². The lowest BCUT2D eigenvalue weighted by Gasteiger charge is -2.14. The van der Waals surface area contributed by atoms with Crippen LogP contribution in [0.15, 0.2) is 12.1 Å². The Hall–Kier alpha value is -1.33. The maximum atomic E-state index is 13.8. The van der Waals surface area contributed by atoms with E-state index in [1.165, 1.54) is 13.2 Å². The SMILES string of the molecule is COCC(C)Cn1c(CCCl)nc2cc(F)c(OC)cc21. The van der Waals surface area contributed by atoms with Gasteiger partial charge in [0.05, 0.1) is 24.8 Å². The van der Waals surface area contributed by atoms with Crippen LogP contribution in [-0.2, 0) is 17.7 Å². The summed E-state index contributed by atoms with van der Waals surface area (Å²) in [5.74, 6) is 1.47. The van der Waals surface area contributed by atoms with Crippen LogP contribution in [0.1, 0.15) is 12.7 Å². The van der Waals surface area contributed by atoms with Crippen molar-refractivity contribution in [2.75, 3.05) is 26.7 Å². The van der Waals surface area contributed by atoms with Gasteiger partial charge >= 0.3 is 0 Å². The van der Waals surface area contributed by atoms with Gasteiger partial charge in [0.15, 0.2) is 11.6 Å². The largest absolute Gasteiger partial charge is 0.494 e. The molecule has 2 aromatic rings. The van der Waals surface area contributed by atoms with Crippen molar-refractivity contribution in [2.24, 2.45) is 5.92 Å². The number of aryl methyl sites for hydroxylation is 1. The van der Waals surface area contributed by atoms with Crippen molar-refractivity contribution in [2.45, 2.75) is 19.9 Å². The van der Waals surface area contributed by atoms with Crippen molar-refractivity contribution in [1.82, 2.24) is 9.55 Å². The quantitative estimate of drug-likeness (QED) is 0.736. The fourth-order valence-electron chi connectivity index (χ4n) is 2.46. The van der Waals surface area contributed by atoms with Crippen LogP contribution < -0.4 is 4.74 Å². The van der Waals surface area contributed by atoms with Crippen LogP contribution in [0.5, 0.6) is 5.75 Å². The van der Waals surface area contributed by atoms with Gasteiger partial charge in [0.1, 0.15) is 5.82 Å². The number of imidazole rings is 1. The number of hydrogen-bond donors (Lipinski definition) is 0. The summed E-state index contributed by atoms with van der Waals surface area (Å²) in [6.07, 6.45) is 0.639. The highest BCUT2D eigenvalue weighted by Gasteiger charge is 2.16. The lowest BCUT2D eigenvalue weighted by Crippen LogP contribution is -2.15. The number of fused-ring (bicyclic) bond motifs is 1. The molecule has 0 amide bonds. The van der Waals surface area contributed by atoms with Crippen molar-refractivity contribution in [3.05, 3.63) is 23.8 Å². The van der Waals surface area contributed by atoms with E-state index in [0.717, 1.165) is 17.9 Å². The first-order chi connectivity index (χ1) is 10.1. The number of nitrogens with zero attached hydrogens (tertiary/aromatic N) is 2. The second kappa shape index (κ2) is 7.09. The molecule has 0 saturated carbocycles. The molecular formula is C15H20ClFN2O2. The number of aromatic nitrogens is 2. The van der Waals surface area contributed by atoms with Crippen LogP contribution >= 0.6 is 11.6 Å². The van der Waals surface area contributed by atoms with Crippen molar-refractivity contribution in [3.8, 4) is 5.75 Å². The predicted molar refractivity (Wildman–Crippen MR) is 81.7 cm³/mol. The molecule has 0 radical (unpaired) electrons. The summed E-state index contributed by atoms with van der Waals surface area (Å²) in [6, 6.07) is 3.10. The lowest BCUT2D eigenvalue weighted by atomic mass is 10.2. The van der Waals surface area contributed by atoms with Crippen molar-refractivity contribution < 1.29 is 13.9 Å². The third kappa shape index (κ3) is 3.47. The highest BCUT2D eigenvalue weighted by atomic mass is 35.5. The van der Waals surface area contributed by atoms with Gasteiger partial charge in [-0.1, -0.05) is 6.92 Å². The molecule has 1 unspecified atom stereocenters. The Balaban J connectivity index is 2.49. The second-order valence-corrected chi connectivity index (χ2v) is 5.49. The number of benzene rings is 1. The van der Waals surface area contributed by atoms with E-state index >= 15 is 0 Å². The molecule has 0 aliphatic carbocycles. The van der Waals surface area contributed by atoms with Gasteiger partial charge in [-0.25, -0.2) is 9.37 Å². The molecule has 2 rings (SSSR count). The third-order valence-electron chi connectivity index (χ3n) is 3.36. The zero-order valence-corrected chi connectivity index (χ0v) is 13.3. The lowest BCUT2D eigenvalue weighted by molar-refractivity contribution is 0.151. The first-order valence-corrected chi connectivity index (χ1v) is 7.41. The van der Waals surface area contributed by atoms with Gasteiger partial charge in [-0.05, 0) is 5.92 Å². The average Bonchev–Trinajstić information content (AvgIpc) is 2.75. The van der Waals surface area contributed by atoms with Gasteiger partial charge in [0.2, 0.25) is 0 Å². The summed E-state index contributed by atoms with van der Waals surface area (Å²) in [5.41, 5.74) is 1.48. The Labute approximate surface area is 128 Å². The van der Waals surface area contributed by atoms with Crippen LogP contribution in [0.3, 0.4) is 0 Å². The van der Waals surface area contributed by atoms with E-state index in [2.05, 4.69) is 16.5 Å². The monoisotopic (exact) mass is 314 g/mol. The van der Waals surface area contributed by atoms with Crippen molar-refractivity contribution in [3.63, 3.8) is 0 Å². The number of methoxy groups -OCH3 is 2. The highest BCUT2D eigenvalue weighted by Crippen LogP contribution is 2.26. The van der Waals surface area contributed by atoms with Gasteiger partial charge in [-0.15, -0.1) is 11.6 Å². The van der Waals surface area contributed by atoms with Crippen LogP contribution in [0.2, 0.25) is 0 Å². The minimum absolute atomic E-state index is 0.223. The summed E-state index contributed by atoms with van der Waals surface area (Å²) in [5, 5.41) is 0. The molecule has 0 bridgehead atoms. The van der Waals surface area contributed by atoms with E-state index in [-0.39, 0.29) is 5.75 Å². The summed E-state index contributed by atoms with van der Waals surface area (Å²) in [6.45, 7) is 3.49. The van der Waals surface area contributed by atoms with Crippen LogP contribution in [0, 0.1) is 11.7 Å². The molecule has 0 N–H and O–H groups in total. The fourth-order valence-corrected chi connectivity index (χ4v) is 2.63. The minimum Gasteiger partial charge on any atom is -0.494 e. The molecule has 0 aliphatic rings. The molecule has 6 heteroatoms. The summed E-state index contributed by atoms with van der Waals surface area (Å²) >= 11 is 5.85. The zero-order chi connectivity index (χ0) is 15.4.